The van der Waals surface area contributed by atoms with Gasteiger partial charge in [-0.3, -0.25) is 0 Å². The topological polar surface area (TPSA) is 36.9 Å². The lowest BCUT2D eigenvalue weighted by atomic mass is 9.77. The standard InChI is InChI=1S/C14H20BBrO4/c1-13(2)14(3,4)20-15(19-13)11-10(17-5)8-7-9(16)12(11)18-6/h7-8H,1-6H3. The Morgan fingerprint density at radius 2 is 1.55 bits per heavy atom. The number of benzene rings is 1. The number of ether oxygens (including phenoxy) is 2. The van der Waals surface area contributed by atoms with Gasteiger partial charge in [0.15, 0.2) is 0 Å². The van der Waals surface area contributed by atoms with Crippen LogP contribution in [0.3, 0.4) is 0 Å². The molecule has 0 saturated carbocycles. The Labute approximate surface area is 129 Å². The lowest BCUT2D eigenvalue weighted by Crippen LogP contribution is -2.41. The molecule has 2 rings (SSSR count). The Kier molecular flexibility index (Phi) is 4.11. The maximum Gasteiger partial charge on any atom is 0.502 e. The summed E-state index contributed by atoms with van der Waals surface area (Å²) in [5, 5.41) is 0. The van der Waals surface area contributed by atoms with Gasteiger partial charge in [0.1, 0.15) is 11.5 Å². The molecule has 1 aliphatic heterocycles. The van der Waals surface area contributed by atoms with Crippen LogP contribution in [0.1, 0.15) is 27.7 Å². The average Bonchev–Trinajstić information content (AvgIpc) is 2.57. The first kappa shape index (κ1) is 15.7. The first-order valence-corrected chi connectivity index (χ1v) is 7.29. The van der Waals surface area contributed by atoms with Crippen molar-refractivity contribution in [3.63, 3.8) is 0 Å². The summed E-state index contributed by atoms with van der Waals surface area (Å²) in [6, 6.07) is 3.75. The smallest absolute Gasteiger partial charge is 0.497 e. The Balaban J connectivity index is 2.51. The third kappa shape index (κ3) is 2.45. The fourth-order valence-electron chi connectivity index (χ4n) is 2.12. The van der Waals surface area contributed by atoms with Crippen molar-refractivity contribution in [2.24, 2.45) is 0 Å². The van der Waals surface area contributed by atoms with E-state index in [9.17, 15) is 0 Å². The molecule has 0 aromatic heterocycles. The summed E-state index contributed by atoms with van der Waals surface area (Å²) in [5.41, 5.74) is -0.0468. The molecule has 1 saturated heterocycles. The van der Waals surface area contributed by atoms with E-state index in [1.165, 1.54) is 0 Å². The van der Waals surface area contributed by atoms with Crippen LogP contribution in [0, 0.1) is 0 Å². The van der Waals surface area contributed by atoms with Gasteiger partial charge >= 0.3 is 7.12 Å². The van der Waals surface area contributed by atoms with Crippen LogP contribution < -0.4 is 14.9 Å². The maximum atomic E-state index is 6.09. The molecular weight excluding hydrogens is 323 g/mol. The molecular formula is C14H20BBrO4. The highest BCUT2D eigenvalue weighted by Crippen LogP contribution is 2.39. The monoisotopic (exact) mass is 342 g/mol. The molecule has 0 aliphatic carbocycles. The summed E-state index contributed by atoms with van der Waals surface area (Å²) in [5.74, 6) is 1.35. The van der Waals surface area contributed by atoms with E-state index in [1.807, 2.05) is 39.8 Å². The number of rotatable bonds is 3. The van der Waals surface area contributed by atoms with Crippen LogP contribution in [0.15, 0.2) is 16.6 Å². The Morgan fingerprint density at radius 3 is 2.00 bits per heavy atom. The van der Waals surface area contributed by atoms with Crippen molar-refractivity contribution in [2.45, 2.75) is 38.9 Å². The molecule has 0 bridgehead atoms. The number of hydrogen-bond acceptors (Lipinski definition) is 4. The van der Waals surface area contributed by atoms with Gasteiger partial charge in [-0.05, 0) is 55.8 Å². The fraction of sp³-hybridized carbons (Fsp3) is 0.571. The average molecular weight is 343 g/mol. The largest absolute Gasteiger partial charge is 0.502 e. The van der Waals surface area contributed by atoms with E-state index in [-0.39, 0.29) is 0 Å². The molecule has 0 atom stereocenters. The summed E-state index contributed by atoms with van der Waals surface area (Å²) in [7, 11) is 2.72. The summed E-state index contributed by atoms with van der Waals surface area (Å²) in [6.45, 7) is 8.07. The maximum absolute atomic E-state index is 6.09. The summed E-state index contributed by atoms with van der Waals surface area (Å²) in [4.78, 5) is 0. The molecule has 0 spiro atoms. The molecule has 0 N–H and O–H groups in total. The predicted molar refractivity (Wildman–Crippen MR) is 83.0 cm³/mol. The number of methoxy groups -OCH3 is 2. The molecule has 0 unspecified atom stereocenters. The zero-order valence-corrected chi connectivity index (χ0v) is 14.3. The van der Waals surface area contributed by atoms with E-state index in [4.69, 9.17) is 18.8 Å². The molecule has 6 heteroatoms. The minimum Gasteiger partial charge on any atom is -0.497 e. The molecule has 1 heterocycles. The van der Waals surface area contributed by atoms with Gasteiger partial charge in [-0.15, -0.1) is 0 Å². The van der Waals surface area contributed by atoms with E-state index >= 15 is 0 Å². The van der Waals surface area contributed by atoms with Crippen LogP contribution in [0.25, 0.3) is 0 Å². The van der Waals surface area contributed by atoms with Gasteiger partial charge in [0.25, 0.3) is 0 Å². The molecule has 1 fully saturated rings. The normalized spacial score (nSPS) is 20.1. The lowest BCUT2D eigenvalue weighted by Gasteiger charge is -2.32. The third-order valence-electron chi connectivity index (χ3n) is 4.02. The first-order chi connectivity index (χ1) is 9.23. The number of halogens is 1. The third-order valence-corrected chi connectivity index (χ3v) is 4.65. The second-order valence-electron chi connectivity index (χ2n) is 5.78. The molecule has 1 aromatic rings. The van der Waals surface area contributed by atoms with E-state index in [1.54, 1.807) is 14.2 Å². The molecule has 0 radical (unpaired) electrons. The van der Waals surface area contributed by atoms with Crippen LogP contribution in [0.4, 0.5) is 0 Å². The van der Waals surface area contributed by atoms with Crippen molar-refractivity contribution in [3.05, 3.63) is 16.6 Å². The zero-order chi connectivity index (χ0) is 15.1. The SMILES string of the molecule is COc1ccc(Br)c(OC)c1B1OC(C)(C)C(C)(C)O1. The Hall–Kier alpha value is -0.715. The van der Waals surface area contributed by atoms with Gasteiger partial charge in [-0.2, -0.15) is 0 Å². The van der Waals surface area contributed by atoms with E-state index in [0.29, 0.717) is 11.5 Å². The second-order valence-corrected chi connectivity index (χ2v) is 6.64. The van der Waals surface area contributed by atoms with Crippen LogP contribution in [-0.4, -0.2) is 32.5 Å². The predicted octanol–water partition coefficient (Wildman–Crippen LogP) is 2.77. The summed E-state index contributed by atoms with van der Waals surface area (Å²) >= 11 is 3.48. The van der Waals surface area contributed by atoms with Gasteiger partial charge in [0, 0.05) is 0 Å². The highest BCUT2D eigenvalue weighted by molar-refractivity contribution is 9.10. The van der Waals surface area contributed by atoms with E-state index in [0.717, 1.165) is 9.94 Å². The number of hydrogen-bond donors (Lipinski definition) is 0. The second kappa shape index (κ2) is 5.24. The molecule has 110 valence electrons. The molecule has 0 amide bonds. The Bertz CT molecular complexity index is 500. The van der Waals surface area contributed by atoms with Gasteiger partial charge in [-0.1, -0.05) is 0 Å². The van der Waals surface area contributed by atoms with Gasteiger partial charge in [-0.25, -0.2) is 0 Å². The minimum absolute atomic E-state index is 0.407. The van der Waals surface area contributed by atoms with Crippen molar-refractivity contribution in [1.29, 1.82) is 0 Å². The lowest BCUT2D eigenvalue weighted by molar-refractivity contribution is 0.00578. The highest BCUT2D eigenvalue weighted by Gasteiger charge is 2.53. The Morgan fingerprint density at radius 1 is 1.00 bits per heavy atom. The molecule has 1 aliphatic rings. The minimum atomic E-state index is -0.526. The molecule has 1 aromatic carbocycles. The van der Waals surface area contributed by atoms with Gasteiger partial charge in [0.2, 0.25) is 0 Å². The molecule has 4 nitrogen and oxygen atoms in total. The van der Waals surface area contributed by atoms with Crippen molar-refractivity contribution in [2.75, 3.05) is 14.2 Å². The van der Waals surface area contributed by atoms with Crippen LogP contribution in [0.2, 0.25) is 0 Å². The van der Waals surface area contributed by atoms with Crippen molar-refractivity contribution >= 4 is 28.5 Å². The van der Waals surface area contributed by atoms with Gasteiger partial charge in [0.05, 0.1) is 35.4 Å². The van der Waals surface area contributed by atoms with E-state index < -0.39 is 18.3 Å². The van der Waals surface area contributed by atoms with Crippen molar-refractivity contribution in [3.8, 4) is 11.5 Å². The van der Waals surface area contributed by atoms with E-state index in [2.05, 4.69) is 15.9 Å². The fourth-order valence-corrected chi connectivity index (χ4v) is 2.63. The van der Waals surface area contributed by atoms with Crippen LogP contribution >= 0.6 is 15.9 Å². The van der Waals surface area contributed by atoms with Crippen molar-refractivity contribution < 1.29 is 18.8 Å². The zero-order valence-electron chi connectivity index (χ0n) is 12.7. The van der Waals surface area contributed by atoms with Crippen LogP contribution in [0.5, 0.6) is 11.5 Å². The highest BCUT2D eigenvalue weighted by atomic mass is 79.9. The summed E-state index contributed by atoms with van der Waals surface area (Å²) < 4.78 is 23.9. The quantitative estimate of drug-likeness (QED) is 0.791. The van der Waals surface area contributed by atoms with Crippen molar-refractivity contribution in [1.82, 2.24) is 0 Å². The first-order valence-electron chi connectivity index (χ1n) is 6.49. The van der Waals surface area contributed by atoms with Gasteiger partial charge < -0.3 is 18.8 Å². The summed E-state index contributed by atoms with van der Waals surface area (Å²) in [6.07, 6.45) is 0. The van der Waals surface area contributed by atoms with Crippen LogP contribution in [-0.2, 0) is 9.31 Å². The molecule has 20 heavy (non-hydrogen) atoms.